The highest BCUT2D eigenvalue weighted by Crippen LogP contribution is 2.17. The van der Waals surface area contributed by atoms with Crippen molar-refractivity contribution in [3.05, 3.63) is 29.6 Å². The summed E-state index contributed by atoms with van der Waals surface area (Å²) in [6.07, 6.45) is 1.82. The van der Waals surface area contributed by atoms with E-state index in [1.54, 1.807) is 18.2 Å². The van der Waals surface area contributed by atoms with Gasteiger partial charge in [-0.15, -0.1) is 0 Å². The number of carbonyl (C=O) groups excluding carboxylic acids is 2. The molecule has 2 aromatic rings. The van der Waals surface area contributed by atoms with Crippen LogP contribution in [0.25, 0.3) is 11.0 Å². The molecular weight excluding hydrogens is 270 g/mol. The third-order valence-corrected chi connectivity index (χ3v) is 3.67. The fraction of sp³-hybridized carbons (Fsp3) is 0.357. The number of hydrogen-bond acceptors (Lipinski definition) is 4. The molecule has 2 heterocycles. The number of nitrogens with two attached hydrogens (primary N) is 1. The van der Waals surface area contributed by atoms with Crippen LogP contribution in [0.5, 0.6) is 0 Å². The number of rotatable bonds is 3. The largest absolute Gasteiger partial charge is 0.363 e. The van der Waals surface area contributed by atoms with Gasteiger partial charge in [-0.2, -0.15) is 0 Å². The smallest absolute Gasteiger partial charge is 0.284 e. The lowest BCUT2D eigenvalue weighted by atomic mass is 10.1. The summed E-state index contributed by atoms with van der Waals surface area (Å²) in [4.78, 5) is 30.5. The van der Waals surface area contributed by atoms with Crippen LogP contribution in [0.3, 0.4) is 0 Å². The van der Waals surface area contributed by atoms with Crippen molar-refractivity contribution in [2.75, 3.05) is 13.1 Å². The maximum atomic E-state index is 12.4. The summed E-state index contributed by atoms with van der Waals surface area (Å²) in [6.45, 7) is 1.81. The Labute approximate surface area is 121 Å². The summed E-state index contributed by atoms with van der Waals surface area (Å²) in [5, 5.41) is 6.27. The lowest BCUT2D eigenvalue weighted by Gasteiger charge is -2.23. The molecule has 2 amide bonds. The van der Waals surface area contributed by atoms with Crippen molar-refractivity contribution in [3.8, 4) is 0 Å². The predicted octanol–water partition coefficient (Wildman–Crippen LogP) is 0.144. The molecule has 1 aliphatic rings. The van der Waals surface area contributed by atoms with Gasteiger partial charge in [0.05, 0.1) is 11.1 Å². The first-order chi connectivity index (χ1) is 10.1. The van der Waals surface area contributed by atoms with Crippen molar-refractivity contribution in [1.82, 2.24) is 20.6 Å². The van der Waals surface area contributed by atoms with Crippen LogP contribution in [0.2, 0.25) is 0 Å². The van der Waals surface area contributed by atoms with Crippen LogP contribution in [0.1, 0.15) is 33.8 Å². The molecule has 7 nitrogen and oxygen atoms in total. The van der Waals surface area contributed by atoms with Crippen LogP contribution in [0, 0.1) is 0 Å². The first kappa shape index (κ1) is 13.6. The Morgan fingerprint density at radius 3 is 2.76 bits per heavy atom. The normalized spacial score (nSPS) is 16.0. The average molecular weight is 287 g/mol. The monoisotopic (exact) mass is 287 g/mol. The standard InChI is InChI=1S/C14H17N5O2/c15-12(20)13-18-10-3-1-2-9(11(10)19-13)14(21)17-8-4-6-16-7-5-8/h1-3,8,16H,4-7H2,(H2,15,20)(H,17,21)(H,18,19). The van der Waals surface area contributed by atoms with Gasteiger partial charge in [-0.1, -0.05) is 6.07 Å². The number of amides is 2. The number of nitrogens with zero attached hydrogens (tertiary/aromatic N) is 1. The summed E-state index contributed by atoms with van der Waals surface area (Å²) in [7, 11) is 0. The Morgan fingerprint density at radius 2 is 2.05 bits per heavy atom. The number of aromatic nitrogens is 2. The Hall–Kier alpha value is -2.41. The Bertz CT molecular complexity index is 688. The number of carbonyl (C=O) groups is 2. The molecule has 110 valence electrons. The van der Waals surface area contributed by atoms with Gasteiger partial charge >= 0.3 is 0 Å². The molecule has 0 saturated carbocycles. The first-order valence-electron chi connectivity index (χ1n) is 6.95. The van der Waals surface area contributed by atoms with Crippen LogP contribution in [0.4, 0.5) is 0 Å². The molecule has 0 spiro atoms. The van der Waals surface area contributed by atoms with Gasteiger partial charge in [0.25, 0.3) is 11.8 Å². The summed E-state index contributed by atoms with van der Waals surface area (Å²) in [6, 6.07) is 5.38. The molecule has 5 N–H and O–H groups in total. The van der Waals surface area contributed by atoms with Gasteiger partial charge in [-0.05, 0) is 38.1 Å². The average Bonchev–Trinajstić information content (AvgIpc) is 2.92. The summed E-state index contributed by atoms with van der Waals surface area (Å²) in [5.74, 6) is -0.752. The molecule has 1 aliphatic heterocycles. The maximum Gasteiger partial charge on any atom is 0.284 e. The second-order valence-corrected chi connectivity index (χ2v) is 5.15. The van der Waals surface area contributed by atoms with Gasteiger partial charge in [0.1, 0.15) is 5.52 Å². The number of imidazole rings is 1. The van der Waals surface area contributed by atoms with E-state index in [2.05, 4.69) is 20.6 Å². The van der Waals surface area contributed by atoms with E-state index >= 15 is 0 Å². The minimum atomic E-state index is -0.643. The highest BCUT2D eigenvalue weighted by molar-refractivity contribution is 6.06. The Kier molecular flexibility index (Phi) is 3.57. The van der Waals surface area contributed by atoms with Crippen molar-refractivity contribution >= 4 is 22.8 Å². The highest BCUT2D eigenvalue weighted by Gasteiger charge is 2.19. The molecule has 7 heteroatoms. The highest BCUT2D eigenvalue weighted by atomic mass is 16.2. The Balaban J connectivity index is 1.88. The number of hydrogen-bond donors (Lipinski definition) is 4. The van der Waals surface area contributed by atoms with Gasteiger partial charge in [0.2, 0.25) is 0 Å². The van der Waals surface area contributed by atoms with E-state index < -0.39 is 5.91 Å². The third-order valence-electron chi connectivity index (χ3n) is 3.67. The predicted molar refractivity (Wildman–Crippen MR) is 78.0 cm³/mol. The SMILES string of the molecule is NC(=O)c1nc2c(C(=O)NC3CCNCC3)cccc2[nH]1. The molecule has 1 fully saturated rings. The number of primary amides is 1. The number of benzene rings is 1. The number of nitrogens with one attached hydrogen (secondary N) is 3. The molecule has 3 rings (SSSR count). The molecule has 0 unspecified atom stereocenters. The molecule has 1 aromatic carbocycles. The number of fused-ring (bicyclic) bond motifs is 1. The zero-order chi connectivity index (χ0) is 14.8. The van der Waals surface area contributed by atoms with Crippen LogP contribution < -0.4 is 16.4 Å². The zero-order valence-electron chi connectivity index (χ0n) is 11.5. The minimum Gasteiger partial charge on any atom is -0.363 e. The summed E-state index contributed by atoms with van der Waals surface area (Å²) in [5.41, 5.74) is 6.76. The molecule has 0 atom stereocenters. The molecule has 0 aliphatic carbocycles. The zero-order valence-corrected chi connectivity index (χ0v) is 11.5. The van der Waals surface area contributed by atoms with Crippen molar-refractivity contribution in [2.45, 2.75) is 18.9 Å². The van der Waals surface area contributed by atoms with Gasteiger partial charge in [-0.3, -0.25) is 9.59 Å². The maximum absolute atomic E-state index is 12.4. The van der Waals surface area contributed by atoms with E-state index in [0.717, 1.165) is 25.9 Å². The van der Waals surface area contributed by atoms with E-state index in [0.29, 0.717) is 16.6 Å². The number of aromatic amines is 1. The van der Waals surface area contributed by atoms with E-state index in [9.17, 15) is 9.59 Å². The number of para-hydroxylation sites is 1. The molecule has 0 radical (unpaired) electrons. The number of piperidine rings is 1. The topological polar surface area (TPSA) is 113 Å². The van der Waals surface area contributed by atoms with Crippen LogP contribution in [-0.2, 0) is 0 Å². The third kappa shape index (κ3) is 2.73. The lowest BCUT2D eigenvalue weighted by molar-refractivity contribution is 0.0929. The molecule has 0 bridgehead atoms. The van der Waals surface area contributed by atoms with Gasteiger partial charge in [-0.25, -0.2) is 4.98 Å². The number of H-pyrrole nitrogens is 1. The summed E-state index contributed by atoms with van der Waals surface area (Å²) < 4.78 is 0. The Morgan fingerprint density at radius 1 is 1.29 bits per heavy atom. The van der Waals surface area contributed by atoms with Crippen LogP contribution in [-0.4, -0.2) is 40.9 Å². The van der Waals surface area contributed by atoms with Crippen LogP contribution >= 0.6 is 0 Å². The molecule has 21 heavy (non-hydrogen) atoms. The molecular formula is C14H17N5O2. The lowest BCUT2D eigenvalue weighted by Crippen LogP contribution is -2.42. The van der Waals surface area contributed by atoms with Crippen LogP contribution in [0.15, 0.2) is 18.2 Å². The van der Waals surface area contributed by atoms with Crippen molar-refractivity contribution in [1.29, 1.82) is 0 Å². The fourth-order valence-corrected chi connectivity index (χ4v) is 2.56. The molecule has 1 saturated heterocycles. The second-order valence-electron chi connectivity index (χ2n) is 5.15. The van der Waals surface area contributed by atoms with Crippen molar-refractivity contribution in [2.24, 2.45) is 5.73 Å². The van der Waals surface area contributed by atoms with Crippen molar-refractivity contribution in [3.63, 3.8) is 0 Å². The van der Waals surface area contributed by atoms with Gasteiger partial charge in [0, 0.05) is 6.04 Å². The van der Waals surface area contributed by atoms with E-state index in [4.69, 9.17) is 5.73 Å². The second kappa shape index (κ2) is 5.53. The van der Waals surface area contributed by atoms with E-state index in [1.807, 2.05) is 0 Å². The first-order valence-corrected chi connectivity index (χ1v) is 6.95. The minimum absolute atomic E-state index is 0.0621. The van der Waals surface area contributed by atoms with Gasteiger partial charge in [0.15, 0.2) is 5.82 Å². The fourth-order valence-electron chi connectivity index (χ4n) is 2.56. The van der Waals surface area contributed by atoms with E-state index in [-0.39, 0.29) is 17.8 Å². The van der Waals surface area contributed by atoms with Crippen molar-refractivity contribution < 1.29 is 9.59 Å². The van der Waals surface area contributed by atoms with Gasteiger partial charge < -0.3 is 21.4 Å². The quantitative estimate of drug-likeness (QED) is 0.643. The van der Waals surface area contributed by atoms with E-state index in [1.165, 1.54) is 0 Å². The summed E-state index contributed by atoms with van der Waals surface area (Å²) >= 11 is 0. The molecule has 1 aromatic heterocycles.